The van der Waals surface area contributed by atoms with E-state index >= 15 is 0 Å². The number of benzene rings is 2. The van der Waals surface area contributed by atoms with Crippen molar-refractivity contribution < 1.29 is 13.2 Å². The van der Waals surface area contributed by atoms with Gasteiger partial charge < -0.3 is 9.88 Å². The molecule has 3 aromatic rings. The zero-order valence-electron chi connectivity index (χ0n) is 15.9. The second kappa shape index (κ2) is 8.42. The fourth-order valence-corrected chi connectivity index (χ4v) is 4.04. The van der Waals surface area contributed by atoms with Gasteiger partial charge >= 0.3 is 0 Å². The molecule has 1 aromatic heterocycles. The Morgan fingerprint density at radius 2 is 1.83 bits per heavy atom. The summed E-state index contributed by atoms with van der Waals surface area (Å²) in [5, 5.41) is 3.43. The number of aryl methyl sites for hydroxylation is 1. The van der Waals surface area contributed by atoms with Crippen molar-refractivity contribution in [3.63, 3.8) is 0 Å². The number of carbonyl (C=O) groups excluding carboxylic acids is 1. The van der Waals surface area contributed by atoms with E-state index in [4.69, 9.17) is 0 Å². The fourth-order valence-electron chi connectivity index (χ4n) is 2.94. The molecule has 0 radical (unpaired) electrons. The summed E-state index contributed by atoms with van der Waals surface area (Å²) in [4.78, 5) is 24.9. The van der Waals surface area contributed by atoms with Crippen molar-refractivity contribution in [3.05, 3.63) is 88.7 Å². The quantitative estimate of drug-likeness (QED) is 0.584. The summed E-state index contributed by atoms with van der Waals surface area (Å²) in [5.41, 5.74) is 1.75. The minimum atomic E-state index is -3.45. The molecule has 0 aliphatic heterocycles. The Kier molecular flexibility index (Phi) is 5.95. The predicted molar refractivity (Wildman–Crippen MR) is 114 cm³/mol. The Labute approximate surface area is 168 Å². The Morgan fingerprint density at radius 3 is 2.52 bits per heavy atom. The van der Waals surface area contributed by atoms with Gasteiger partial charge in [0.15, 0.2) is 0 Å². The molecule has 0 bridgehead atoms. The molecule has 0 atom stereocenters. The number of pyridine rings is 1. The molecule has 0 saturated heterocycles. The second-order valence-corrected chi connectivity index (χ2v) is 8.33. The van der Waals surface area contributed by atoms with Crippen LogP contribution in [0.5, 0.6) is 0 Å². The molecule has 2 N–H and O–H groups in total. The maximum absolute atomic E-state index is 12.7. The summed E-state index contributed by atoms with van der Waals surface area (Å²) in [7, 11) is -1.80. The topological polar surface area (TPSA) is 97.3 Å². The number of anilines is 1. The van der Waals surface area contributed by atoms with Crippen LogP contribution in [0.1, 0.15) is 15.9 Å². The molecular weight excluding hydrogens is 390 g/mol. The van der Waals surface area contributed by atoms with Gasteiger partial charge in [-0.15, -0.1) is 6.58 Å². The maximum atomic E-state index is 12.7. The molecule has 0 spiro atoms. The first-order valence-corrected chi connectivity index (χ1v) is 10.5. The van der Waals surface area contributed by atoms with Crippen LogP contribution >= 0.6 is 0 Å². The first kappa shape index (κ1) is 20.5. The van der Waals surface area contributed by atoms with Gasteiger partial charge in [-0.2, -0.15) is 0 Å². The van der Waals surface area contributed by atoms with Gasteiger partial charge in [0.05, 0.1) is 16.8 Å². The number of para-hydroxylation sites is 1. The lowest BCUT2D eigenvalue weighted by molar-refractivity contribution is 0.102. The lowest BCUT2D eigenvalue weighted by Crippen LogP contribution is -2.25. The molecule has 0 saturated carbocycles. The van der Waals surface area contributed by atoms with Crippen molar-refractivity contribution in [1.82, 2.24) is 9.29 Å². The number of hydrogen-bond donors (Lipinski definition) is 2. The third-order valence-electron chi connectivity index (χ3n) is 4.41. The number of rotatable bonds is 7. The van der Waals surface area contributed by atoms with Crippen LogP contribution in [0.25, 0.3) is 10.9 Å². The number of carbonyl (C=O) groups is 1. The van der Waals surface area contributed by atoms with Crippen molar-refractivity contribution >= 4 is 32.5 Å². The van der Waals surface area contributed by atoms with Gasteiger partial charge in [0, 0.05) is 30.7 Å². The summed E-state index contributed by atoms with van der Waals surface area (Å²) in [6.45, 7) is 3.64. The molecule has 2 aromatic carbocycles. The van der Waals surface area contributed by atoms with E-state index in [1.807, 2.05) is 0 Å². The number of nitrogens with zero attached hydrogens (tertiary/aromatic N) is 1. The molecule has 3 rings (SSSR count). The van der Waals surface area contributed by atoms with Crippen LogP contribution in [0.2, 0.25) is 0 Å². The first-order valence-electron chi connectivity index (χ1n) is 8.88. The van der Waals surface area contributed by atoms with Gasteiger partial charge in [-0.3, -0.25) is 9.59 Å². The Hall–Kier alpha value is -3.23. The molecule has 1 amide bonds. The van der Waals surface area contributed by atoms with Gasteiger partial charge in [-0.05, 0) is 23.8 Å². The maximum Gasteiger partial charge on any atom is 0.256 e. The lowest BCUT2D eigenvalue weighted by atomic mass is 10.1. The molecule has 0 fully saturated rings. The minimum Gasteiger partial charge on any atom is -0.322 e. The van der Waals surface area contributed by atoms with Crippen molar-refractivity contribution in [2.75, 3.05) is 11.9 Å². The van der Waals surface area contributed by atoms with Gasteiger partial charge in [0.2, 0.25) is 10.0 Å². The smallest absolute Gasteiger partial charge is 0.256 e. The summed E-state index contributed by atoms with van der Waals surface area (Å²) in [6.07, 6.45) is 1.47. The standard InChI is InChI=1S/C21H21N3O4S/c1-3-12-22-29(27,28)14-15-8-10-16(11-9-15)23-21(26)18-13-20(25)24(2)19-7-5-4-6-17(18)19/h3-11,13,22H,1,12,14H2,2H3,(H,23,26). The van der Waals surface area contributed by atoms with E-state index in [-0.39, 0.29) is 23.4 Å². The molecule has 8 heteroatoms. The average molecular weight is 411 g/mol. The second-order valence-electron chi connectivity index (χ2n) is 6.52. The van der Waals surface area contributed by atoms with Crippen LogP contribution in [-0.4, -0.2) is 25.4 Å². The van der Waals surface area contributed by atoms with Crippen molar-refractivity contribution in [3.8, 4) is 0 Å². The minimum absolute atomic E-state index is 0.168. The monoisotopic (exact) mass is 411 g/mol. The van der Waals surface area contributed by atoms with Crippen LogP contribution in [0.15, 0.2) is 72.0 Å². The van der Waals surface area contributed by atoms with Crippen molar-refractivity contribution in [2.24, 2.45) is 7.05 Å². The van der Waals surface area contributed by atoms with Gasteiger partial charge in [0.25, 0.3) is 11.5 Å². The molecule has 7 nitrogen and oxygen atoms in total. The van der Waals surface area contributed by atoms with Gasteiger partial charge in [0.1, 0.15) is 0 Å². The van der Waals surface area contributed by atoms with E-state index in [2.05, 4.69) is 16.6 Å². The molecular formula is C21H21N3O4S. The van der Waals surface area contributed by atoms with Crippen molar-refractivity contribution in [1.29, 1.82) is 0 Å². The highest BCUT2D eigenvalue weighted by Gasteiger charge is 2.14. The summed E-state index contributed by atoms with van der Waals surface area (Å²) >= 11 is 0. The summed E-state index contributed by atoms with van der Waals surface area (Å²) < 4.78 is 27.8. The van der Waals surface area contributed by atoms with Crippen LogP contribution in [-0.2, 0) is 22.8 Å². The van der Waals surface area contributed by atoms with Crippen LogP contribution in [0.4, 0.5) is 5.69 Å². The van der Waals surface area contributed by atoms with Gasteiger partial charge in [-0.25, -0.2) is 13.1 Å². The van der Waals surface area contributed by atoms with E-state index in [0.717, 1.165) is 0 Å². The zero-order valence-corrected chi connectivity index (χ0v) is 16.7. The van der Waals surface area contributed by atoms with Crippen LogP contribution in [0.3, 0.4) is 0 Å². The van der Waals surface area contributed by atoms with E-state index in [1.165, 1.54) is 16.7 Å². The SMILES string of the molecule is C=CCNS(=O)(=O)Cc1ccc(NC(=O)c2cc(=O)n(C)c3ccccc23)cc1. The molecule has 0 unspecified atom stereocenters. The van der Waals surface area contributed by atoms with E-state index in [9.17, 15) is 18.0 Å². The van der Waals surface area contributed by atoms with E-state index in [0.29, 0.717) is 22.2 Å². The normalized spacial score (nSPS) is 11.3. The molecule has 29 heavy (non-hydrogen) atoms. The Bertz CT molecular complexity index is 1230. The number of hydrogen-bond acceptors (Lipinski definition) is 4. The third-order valence-corrected chi connectivity index (χ3v) is 5.73. The molecule has 150 valence electrons. The highest BCUT2D eigenvalue weighted by molar-refractivity contribution is 7.88. The van der Waals surface area contributed by atoms with Gasteiger partial charge in [-0.1, -0.05) is 36.4 Å². The lowest BCUT2D eigenvalue weighted by Gasteiger charge is -2.11. The fraction of sp³-hybridized carbons (Fsp3) is 0.143. The van der Waals surface area contributed by atoms with Crippen molar-refractivity contribution in [2.45, 2.75) is 5.75 Å². The molecule has 0 aliphatic rings. The Morgan fingerprint density at radius 1 is 1.14 bits per heavy atom. The third kappa shape index (κ3) is 4.79. The number of nitrogens with one attached hydrogen (secondary N) is 2. The molecule has 1 heterocycles. The zero-order chi connectivity index (χ0) is 21.0. The number of sulfonamides is 1. The Balaban J connectivity index is 1.80. The average Bonchev–Trinajstić information content (AvgIpc) is 2.70. The van der Waals surface area contributed by atoms with E-state index < -0.39 is 15.9 Å². The highest BCUT2D eigenvalue weighted by Crippen LogP contribution is 2.18. The predicted octanol–water partition coefficient (Wildman–Crippen LogP) is 2.40. The number of amides is 1. The van der Waals surface area contributed by atoms with E-state index in [1.54, 1.807) is 55.6 Å². The summed E-state index contributed by atoms with van der Waals surface area (Å²) in [6, 6.07) is 15.0. The van der Waals surface area contributed by atoms with Crippen LogP contribution < -0.4 is 15.6 Å². The largest absolute Gasteiger partial charge is 0.322 e. The number of fused-ring (bicyclic) bond motifs is 1. The van der Waals surface area contributed by atoms with Crippen LogP contribution in [0, 0.1) is 0 Å². The number of aromatic nitrogens is 1. The highest BCUT2D eigenvalue weighted by atomic mass is 32.2. The molecule has 0 aliphatic carbocycles. The first-order chi connectivity index (χ1) is 13.8. The summed E-state index contributed by atoms with van der Waals surface area (Å²) in [5.74, 6) is -0.582.